The number of methoxy groups -OCH3 is 1. The molecule has 0 fully saturated rings. The van der Waals surface area contributed by atoms with Crippen LogP contribution in [0.25, 0.3) is 0 Å². The summed E-state index contributed by atoms with van der Waals surface area (Å²) >= 11 is 6.03. The Morgan fingerprint density at radius 3 is 2.52 bits per heavy atom. The number of amides is 1. The maximum absolute atomic E-state index is 12.3. The van der Waals surface area contributed by atoms with Crippen LogP contribution in [0.5, 0.6) is 5.75 Å². The third-order valence-corrected chi connectivity index (χ3v) is 3.49. The molecule has 1 aromatic heterocycles. The van der Waals surface area contributed by atoms with Gasteiger partial charge in [-0.1, -0.05) is 41.9 Å². The van der Waals surface area contributed by atoms with Gasteiger partial charge in [0.25, 0.3) is 5.91 Å². The summed E-state index contributed by atoms with van der Waals surface area (Å²) < 4.78 is 5.29. The lowest BCUT2D eigenvalue weighted by molar-refractivity contribution is 0.101. The van der Waals surface area contributed by atoms with Gasteiger partial charge in [-0.25, -0.2) is 9.97 Å². The van der Waals surface area contributed by atoms with Crippen molar-refractivity contribution in [3.05, 3.63) is 71.6 Å². The number of halogens is 1. The standard InChI is InChI=1S/C18H15ClN4O2/c1-25-14-10-6-5-9-13(14)21-16-11-15(19)22-17(23-16)18(24)20-12-7-3-2-4-8-12/h2-11H,1H3,(H,20,24)(H,21,22,23). The molecule has 126 valence electrons. The number of carbonyl (C=O) groups is 1. The van der Waals surface area contributed by atoms with Crippen LogP contribution in [0.1, 0.15) is 10.6 Å². The van der Waals surface area contributed by atoms with Crippen LogP contribution in [-0.2, 0) is 0 Å². The van der Waals surface area contributed by atoms with Crippen LogP contribution in [0.15, 0.2) is 60.7 Å². The van der Waals surface area contributed by atoms with E-state index in [9.17, 15) is 4.79 Å². The van der Waals surface area contributed by atoms with E-state index >= 15 is 0 Å². The van der Waals surface area contributed by atoms with Gasteiger partial charge in [0.2, 0.25) is 5.82 Å². The second-order valence-electron chi connectivity index (χ2n) is 5.04. The molecule has 1 heterocycles. The van der Waals surface area contributed by atoms with Crippen molar-refractivity contribution in [1.82, 2.24) is 9.97 Å². The third-order valence-electron chi connectivity index (χ3n) is 3.30. The largest absolute Gasteiger partial charge is 0.495 e. The smallest absolute Gasteiger partial charge is 0.293 e. The first kappa shape index (κ1) is 16.7. The highest BCUT2D eigenvalue weighted by Gasteiger charge is 2.13. The predicted octanol–water partition coefficient (Wildman–Crippen LogP) is 4.13. The molecule has 2 N–H and O–H groups in total. The summed E-state index contributed by atoms with van der Waals surface area (Å²) in [6, 6.07) is 18.0. The summed E-state index contributed by atoms with van der Waals surface area (Å²) in [5, 5.41) is 5.96. The number of carbonyl (C=O) groups excluding carboxylic acids is 1. The van der Waals surface area contributed by atoms with E-state index < -0.39 is 5.91 Å². The number of nitrogens with one attached hydrogen (secondary N) is 2. The van der Waals surface area contributed by atoms with Crippen LogP contribution >= 0.6 is 11.6 Å². The first-order chi connectivity index (χ1) is 12.2. The predicted molar refractivity (Wildman–Crippen MR) is 97.7 cm³/mol. The number of nitrogens with zero attached hydrogens (tertiary/aromatic N) is 2. The molecule has 0 bridgehead atoms. The summed E-state index contributed by atoms with van der Waals surface area (Å²) in [7, 11) is 1.58. The lowest BCUT2D eigenvalue weighted by atomic mass is 10.3. The normalized spacial score (nSPS) is 10.2. The fourth-order valence-corrected chi connectivity index (χ4v) is 2.36. The van der Waals surface area contributed by atoms with Crippen LogP contribution in [0, 0.1) is 0 Å². The Balaban J connectivity index is 1.84. The molecule has 6 nitrogen and oxygen atoms in total. The summed E-state index contributed by atoms with van der Waals surface area (Å²) in [5.74, 6) is 0.556. The summed E-state index contributed by atoms with van der Waals surface area (Å²) in [6.07, 6.45) is 0. The lowest BCUT2D eigenvalue weighted by Gasteiger charge is -2.11. The van der Waals surface area contributed by atoms with Crippen LogP contribution in [0.2, 0.25) is 5.15 Å². The first-order valence-corrected chi connectivity index (χ1v) is 7.84. The maximum atomic E-state index is 12.3. The number of hydrogen-bond donors (Lipinski definition) is 2. The summed E-state index contributed by atoms with van der Waals surface area (Å²) in [6.45, 7) is 0. The van der Waals surface area contributed by atoms with E-state index in [1.165, 1.54) is 6.07 Å². The highest BCUT2D eigenvalue weighted by molar-refractivity contribution is 6.29. The molecule has 0 saturated carbocycles. The molecule has 0 saturated heterocycles. The van der Waals surface area contributed by atoms with E-state index in [2.05, 4.69) is 20.6 Å². The van der Waals surface area contributed by atoms with Crippen molar-refractivity contribution in [3.63, 3.8) is 0 Å². The fraction of sp³-hybridized carbons (Fsp3) is 0.0556. The van der Waals surface area contributed by atoms with Crippen LogP contribution in [0.4, 0.5) is 17.2 Å². The number of para-hydroxylation sites is 3. The van der Waals surface area contributed by atoms with Gasteiger partial charge in [-0.15, -0.1) is 0 Å². The Morgan fingerprint density at radius 2 is 1.76 bits per heavy atom. The second kappa shape index (κ2) is 7.63. The SMILES string of the molecule is COc1ccccc1Nc1cc(Cl)nc(C(=O)Nc2ccccc2)n1. The van der Waals surface area contributed by atoms with Crippen molar-refractivity contribution in [2.24, 2.45) is 0 Å². The highest BCUT2D eigenvalue weighted by atomic mass is 35.5. The number of rotatable bonds is 5. The van der Waals surface area contributed by atoms with Crippen LogP contribution in [0.3, 0.4) is 0 Å². The molecule has 3 aromatic rings. The monoisotopic (exact) mass is 354 g/mol. The highest BCUT2D eigenvalue weighted by Crippen LogP contribution is 2.27. The van der Waals surface area contributed by atoms with Crippen molar-refractivity contribution >= 4 is 34.7 Å². The number of aromatic nitrogens is 2. The van der Waals surface area contributed by atoms with E-state index in [4.69, 9.17) is 16.3 Å². The van der Waals surface area contributed by atoms with Gasteiger partial charge in [-0.2, -0.15) is 0 Å². The zero-order chi connectivity index (χ0) is 17.6. The Labute approximate surface area is 149 Å². The Morgan fingerprint density at radius 1 is 1.04 bits per heavy atom. The van der Waals surface area contributed by atoms with Crippen molar-refractivity contribution in [2.75, 3.05) is 17.7 Å². The van der Waals surface area contributed by atoms with Gasteiger partial charge in [0, 0.05) is 11.8 Å². The zero-order valence-electron chi connectivity index (χ0n) is 13.4. The number of anilines is 3. The van der Waals surface area contributed by atoms with Crippen molar-refractivity contribution in [2.45, 2.75) is 0 Å². The van der Waals surface area contributed by atoms with Gasteiger partial charge in [0.1, 0.15) is 16.7 Å². The summed E-state index contributed by atoms with van der Waals surface area (Å²) in [5.41, 5.74) is 1.35. The molecular weight excluding hydrogens is 340 g/mol. The molecular formula is C18H15ClN4O2. The molecule has 0 atom stereocenters. The summed E-state index contributed by atoms with van der Waals surface area (Å²) in [4.78, 5) is 20.6. The molecule has 0 aliphatic carbocycles. The van der Waals surface area contributed by atoms with Crippen molar-refractivity contribution < 1.29 is 9.53 Å². The number of ether oxygens (including phenoxy) is 1. The van der Waals surface area contributed by atoms with Gasteiger partial charge in [-0.05, 0) is 24.3 Å². The van der Waals surface area contributed by atoms with E-state index in [1.807, 2.05) is 42.5 Å². The number of hydrogen-bond acceptors (Lipinski definition) is 5. The molecule has 3 rings (SSSR count). The van der Waals surface area contributed by atoms with E-state index in [0.717, 1.165) is 0 Å². The Kier molecular flexibility index (Phi) is 5.11. The lowest BCUT2D eigenvalue weighted by Crippen LogP contribution is -2.16. The molecule has 0 unspecified atom stereocenters. The molecule has 2 aromatic carbocycles. The van der Waals surface area contributed by atoms with Gasteiger partial charge >= 0.3 is 0 Å². The van der Waals surface area contributed by atoms with E-state index in [1.54, 1.807) is 19.2 Å². The minimum atomic E-state index is -0.447. The van der Waals surface area contributed by atoms with Gasteiger partial charge in [0.15, 0.2) is 0 Å². The minimum absolute atomic E-state index is 0.0336. The van der Waals surface area contributed by atoms with Crippen LogP contribution in [-0.4, -0.2) is 23.0 Å². The van der Waals surface area contributed by atoms with Gasteiger partial charge in [-0.3, -0.25) is 4.79 Å². The molecule has 25 heavy (non-hydrogen) atoms. The van der Waals surface area contributed by atoms with E-state index in [-0.39, 0.29) is 11.0 Å². The molecule has 0 aliphatic heterocycles. The minimum Gasteiger partial charge on any atom is -0.495 e. The van der Waals surface area contributed by atoms with Gasteiger partial charge < -0.3 is 15.4 Å². The molecule has 0 aliphatic rings. The first-order valence-electron chi connectivity index (χ1n) is 7.47. The molecule has 0 radical (unpaired) electrons. The Bertz CT molecular complexity index is 887. The Hall–Kier alpha value is -3.12. The average molecular weight is 355 g/mol. The van der Waals surface area contributed by atoms with Crippen molar-refractivity contribution in [3.8, 4) is 5.75 Å². The van der Waals surface area contributed by atoms with Crippen LogP contribution < -0.4 is 15.4 Å². The molecule has 1 amide bonds. The zero-order valence-corrected chi connectivity index (χ0v) is 14.1. The quantitative estimate of drug-likeness (QED) is 0.673. The fourth-order valence-electron chi connectivity index (χ4n) is 2.18. The van der Waals surface area contributed by atoms with E-state index in [0.29, 0.717) is 22.9 Å². The maximum Gasteiger partial charge on any atom is 0.293 e. The van der Waals surface area contributed by atoms with Gasteiger partial charge in [0.05, 0.1) is 12.8 Å². The second-order valence-corrected chi connectivity index (χ2v) is 5.43. The molecule has 0 spiro atoms. The third kappa shape index (κ3) is 4.24. The van der Waals surface area contributed by atoms with Crippen molar-refractivity contribution in [1.29, 1.82) is 0 Å². The topological polar surface area (TPSA) is 76.1 Å². The number of benzene rings is 2. The average Bonchev–Trinajstić information content (AvgIpc) is 2.62. The molecule has 7 heteroatoms.